The van der Waals surface area contributed by atoms with Crippen molar-refractivity contribution in [3.63, 3.8) is 0 Å². The number of carbonyl (C=O) groups is 1. The van der Waals surface area contributed by atoms with Crippen LogP contribution in [0.1, 0.15) is 40.9 Å². The number of hydrogen-bond donors (Lipinski definition) is 1. The van der Waals surface area contributed by atoms with Gasteiger partial charge in [-0.15, -0.1) is 0 Å². The highest BCUT2D eigenvalue weighted by Crippen LogP contribution is 2.43. The van der Waals surface area contributed by atoms with Crippen LogP contribution in [-0.4, -0.2) is 51.2 Å². The second kappa shape index (κ2) is 7.21. The van der Waals surface area contributed by atoms with Crippen molar-refractivity contribution in [1.82, 2.24) is 25.1 Å². The summed E-state index contributed by atoms with van der Waals surface area (Å²) in [7, 11) is 1.63. The fourth-order valence-corrected chi connectivity index (χ4v) is 4.06. The topological polar surface area (TPSA) is 93.2 Å². The summed E-state index contributed by atoms with van der Waals surface area (Å²) in [5, 5.41) is 7.15. The van der Waals surface area contributed by atoms with Gasteiger partial charge in [0.2, 0.25) is 0 Å². The van der Waals surface area contributed by atoms with Crippen LogP contribution in [0, 0.1) is 0 Å². The maximum absolute atomic E-state index is 12.9. The molecular formula is C22H23N5O3. The first-order chi connectivity index (χ1) is 14.6. The zero-order valence-electron chi connectivity index (χ0n) is 17.0. The highest BCUT2D eigenvalue weighted by atomic mass is 16.5. The smallest absolute Gasteiger partial charge is 0.272 e. The van der Waals surface area contributed by atoms with Crippen LogP contribution in [0.4, 0.5) is 0 Å². The molecule has 0 atom stereocenters. The molecule has 0 unspecified atom stereocenters. The molecule has 0 bridgehead atoms. The van der Waals surface area contributed by atoms with E-state index < -0.39 is 5.60 Å². The van der Waals surface area contributed by atoms with E-state index in [-0.39, 0.29) is 5.91 Å². The highest BCUT2D eigenvalue weighted by Gasteiger charge is 2.52. The Labute approximate surface area is 174 Å². The number of rotatable bonds is 5. The van der Waals surface area contributed by atoms with E-state index in [0.29, 0.717) is 25.4 Å². The van der Waals surface area contributed by atoms with E-state index in [1.165, 1.54) is 0 Å². The minimum Gasteiger partial charge on any atom is -0.497 e. The Morgan fingerprint density at radius 1 is 1.30 bits per heavy atom. The van der Waals surface area contributed by atoms with Crippen LogP contribution in [0.25, 0.3) is 11.3 Å². The molecule has 2 aliphatic heterocycles. The number of amides is 1. The van der Waals surface area contributed by atoms with Crippen molar-refractivity contribution in [2.24, 2.45) is 0 Å². The molecule has 1 amide bonds. The van der Waals surface area contributed by atoms with Gasteiger partial charge in [-0.05, 0) is 36.8 Å². The molecule has 1 aromatic carbocycles. The largest absolute Gasteiger partial charge is 0.497 e. The number of nitrogens with zero attached hydrogens (tertiary/aromatic N) is 4. The van der Waals surface area contributed by atoms with E-state index in [4.69, 9.17) is 9.47 Å². The summed E-state index contributed by atoms with van der Waals surface area (Å²) in [5.74, 6) is 1.54. The number of benzene rings is 1. The number of nitrogens with one attached hydrogen (secondary N) is 1. The molecule has 1 saturated heterocycles. The number of aryl methyl sites for hydroxylation is 1. The number of likely N-dealkylation sites (tertiary alicyclic amines) is 1. The van der Waals surface area contributed by atoms with Gasteiger partial charge in [0.05, 0.1) is 38.2 Å². The monoisotopic (exact) mass is 405 g/mol. The van der Waals surface area contributed by atoms with Gasteiger partial charge in [-0.2, -0.15) is 5.10 Å². The lowest BCUT2D eigenvalue weighted by Crippen LogP contribution is -2.61. The van der Waals surface area contributed by atoms with Crippen molar-refractivity contribution in [2.75, 3.05) is 20.2 Å². The van der Waals surface area contributed by atoms with Gasteiger partial charge in [0.15, 0.2) is 0 Å². The maximum Gasteiger partial charge on any atom is 0.272 e. The molecule has 0 saturated carbocycles. The molecule has 8 nitrogen and oxygen atoms in total. The first kappa shape index (κ1) is 18.7. The third-order valence-corrected chi connectivity index (χ3v) is 5.74. The first-order valence-electron chi connectivity index (χ1n) is 10.1. The zero-order chi connectivity index (χ0) is 20.7. The van der Waals surface area contributed by atoms with Crippen LogP contribution in [0.3, 0.4) is 0 Å². The van der Waals surface area contributed by atoms with E-state index in [2.05, 4.69) is 27.1 Å². The molecule has 1 spiro atoms. The van der Waals surface area contributed by atoms with Gasteiger partial charge in [-0.1, -0.05) is 6.92 Å². The van der Waals surface area contributed by atoms with E-state index in [1.54, 1.807) is 18.1 Å². The summed E-state index contributed by atoms with van der Waals surface area (Å²) >= 11 is 0. The Bertz CT molecular complexity index is 1090. The maximum atomic E-state index is 12.9. The fraction of sp³-hybridized carbons (Fsp3) is 0.364. The van der Waals surface area contributed by atoms with E-state index in [1.807, 2.05) is 30.5 Å². The fourth-order valence-electron chi connectivity index (χ4n) is 4.06. The number of aromatic amines is 1. The van der Waals surface area contributed by atoms with Crippen molar-refractivity contribution in [2.45, 2.75) is 32.0 Å². The number of aromatic nitrogens is 4. The Kier molecular flexibility index (Phi) is 4.51. The predicted molar refractivity (Wildman–Crippen MR) is 109 cm³/mol. The second-order valence-corrected chi connectivity index (χ2v) is 7.74. The Balaban J connectivity index is 1.28. The van der Waals surface area contributed by atoms with Gasteiger partial charge in [0.25, 0.3) is 5.91 Å². The van der Waals surface area contributed by atoms with E-state index in [9.17, 15) is 4.79 Å². The average molecular weight is 405 g/mol. The SMILES string of the molecule is CCCc1ncc2c(n1)COC21CN(C(=O)c2cc(-c3ccc(OC)cc3)n[nH]2)C1. The van der Waals surface area contributed by atoms with Crippen LogP contribution < -0.4 is 4.74 Å². The van der Waals surface area contributed by atoms with Crippen LogP contribution in [0.2, 0.25) is 0 Å². The quantitative estimate of drug-likeness (QED) is 0.702. The third kappa shape index (κ3) is 3.04. The molecule has 2 aliphatic rings. The Morgan fingerprint density at radius 3 is 2.83 bits per heavy atom. The molecule has 0 radical (unpaired) electrons. The minimum absolute atomic E-state index is 0.0894. The summed E-state index contributed by atoms with van der Waals surface area (Å²) < 4.78 is 11.2. The standard InChI is InChI=1S/C22H23N5O3/c1-3-4-20-23-10-16-19(24-20)11-30-22(16)12-27(13-22)21(28)18-9-17(25-26-18)14-5-7-15(29-2)8-6-14/h5-10H,3-4,11-13H2,1-2H3,(H,25,26). The normalized spacial score (nSPS) is 16.4. The van der Waals surface area contributed by atoms with Gasteiger partial charge < -0.3 is 14.4 Å². The van der Waals surface area contributed by atoms with Crippen LogP contribution >= 0.6 is 0 Å². The van der Waals surface area contributed by atoms with Crippen molar-refractivity contribution in [1.29, 1.82) is 0 Å². The molecule has 0 aliphatic carbocycles. The molecule has 8 heteroatoms. The second-order valence-electron chi connectivity index (χ2n) is 7.74. The van der Waals surface area contributed by atoms with Crippen LogP contribution in [0.15, 0.2) is 36.5 Å². The summed E-state index contributed by atoms with van der Waals surface area (Å²) in [6.45, 7) is 3.57. The third-order valence-electron chi connectivity index (χ3n) is 5.74. The summed E-state index contributed by atoms with van der Waals surface area (Å²) in [5.41, 5.74) is 3.58. The molecule has 5 rings (SSSR count). The molecule has 4 heterocycles. The van der Waals surface area contributed by atoms with Crippen LogP contribution in [0.5, 0.6) is 5.75 Å². The lowest BCUT2D eigenvalue weighted by molar-refractivity contribution is -0.126. The van der Waals surface area contributed by atoms with Gasteiger partial charge in [-0.25, -0.2) is 9.97 Å². The van der Waals surface area contributed by atoms with Crippen molar-refractivity contribution in [3.05, 3.63) is 59.3 Å². The van der Waals surface area contributed by atoms with Gasteiger partial charge in [-0.3, -0.25) is 9.89 Å². The van der Waals surface area contributed by atoms with Crippen molar-refractivity contribution < 1.29 is 14.3 Å². The van der Waals surface area contributed by atoms with Gasteiger partial charge >= 0.3 is 0 Å². The lowest BCUT2D eigenvalue weighted by atomic mass is 9.87. The summed E-state index contributed by atoms with van der Waals surface area (Å²) in [4.78, 5) is 23.8. The van der Waals surface area contributed by atoms with E-state index in [0.717, 1.165) is 46.9 Å². The molecular weight excluding hydrogens is 382 g/mol. The first-order valence-corrected chi connectivity index (χ1v) is 10.1. The van der Waals surface area contributed by atoms with Crippen molar-refractivity contribution >= 4 is 5.91 Å². The molecule has 1 N–H and O–H groups in total. The zero-order valence-corrected chi connectivity index (χ0v) is 17.0. The molecule has 3 aromatic rings. The molecule has 1 fully saturated rings. The highest BCUT2D eigenvalue weighted by molar-refractivity contribution is 5.94. The number of ether oxygens (including phenoxy) is 2. The van der Waals surface area contributed by atoms with Gasteiger partial charge in [0, 0.05) is 23.7 Å². The molecule has 154 valence electrons. The Morgan fingerprint density at radius 2 is 2.10 bits per heavy atom. The van der Waals surface area contributed by atoms with Gasteiger partial charge in [0.1, 0.15) is 22.9 Å². The van der Waals surface area contributed by atoms with Crippen molar-refractivity contribution in [3.8, 4) is 17.0 Å². The number of carbonyl (C=O) groups excluding carboxylic acids is 1. The number of fused-ring (bicyclic) bond motifs is 2. The average Bonchev–Trinajstić information content (AvgIpc) is 3.38. The molecule has 2 aromatic heterocycles. The summed E-state index contributed by atoms with van der Waals surface area (Å²) in [6, 6.07) is 9.34. The number of methoxy groups -OCH3 is 1. The molecule has 30 heavy (non-hydrogen) atoms. The van der Waals surface area contributed by atoms with E-state index >= 15 is 0 Å². The lowest BCUT2D eigenvalue weighted by Gasteiger charge is -2.46. The van der Waals surface area contributed by atoms with Crippen LogP contribution in [-0.2, 0) is 23.4 Å². The minimum atomic E-state index is -0.478. The predicted octanol–water partition coefficient (Wildman–Crippen LogP) is 2.71. The number of H-pyrrole nitrogens is 1. The Hall–Kier alpha value is -3.26. The number of hydrogen-bond acceptors (Lipinski definition) is 6. The summed E-state index contributed by atoms with van der Waals surface area (Å²) in [6.07, 6.45) is 3.75.